The van der Waals surface area contributed by atoms with Crippen LogP contribution >= 0.6 is 24.8 Å². The molecule has 1 aliphatic carbocycles. The fourth-order valence-electron chi connectivity index (χ4n) is 3.28. The summed E-state index contributed by atoms with van der Waals surface area (Å²) in [6, 6.07) is 25.0. The molecule has 0 atom stereocenters. The van der Waals surface area contributed by atoms with E-state index in [9.17, 15) is 5.11 Å². The summed E-state index contributed by atoms with van der Waals surface area (Å²) in [6.07, 6.45) is 8.33. The summed E-state index contributed by atoms with van der Waals surface area (Å²) in [5.41, 5.74) is 5.92. The number of phenols is 1. The first-order valence-electron chi connectivity index (χ1n) is 11.5. The summed E-state index contributed by atoms with van der Waals surface area (Å²) in [7, 11) is 3.56. The Bertz CT molecular complexity index is 927. The first kappa shape index (κ1) is 39.8. The Hall–Kier alpha value is -1.68. The first-order valence-corrected chi connectivity index (χ1v) is 13.1. The van der Waals surface area contributed by atoms with Crippen LogP contribution in [0.15, 0.2) is 78.4 Å². The molecule has 0 heterocycles. The Labute approximate surface area is 253 Å². The van der Waals surface area contributed by atoms with Gasteiger partial charge >= 0.3 is 24.8 Å². The molecule has 1 N–H and O–H groups in total. The van der Waals surface area contributed by atoms with Crippen molar-refractivity contribution < 1.29 is 25.1 Å². The smallest absolute Gasteiger partial charge is 0.171 e. The van der Waals surface area contributed by atoms with E-state index in [0.29, 0.717) is 5.75 Å². The van der Waals surface area contributed by atoms with Crippen LogP contribution in [0.1, 0.15) is 56.4 Å². The van der Waals surface area contributed by atoms with E-state index in [1.54, 1.807) is 20.0 Å². The molecule has 3 radical (unpaired) electrons. The molecule has 37 heavy (non-hydrogen) atoms. The minimum atomic E-state index is 0. The Morgan fingerprint density at radius 1 is 0.784 bits per heavy atom. The zero-order valence-corrected chi connectivity index (χ0v) is 27.3. The number of hydrogen-bond donors (Lipinski definition) is 1. The molecule has 0 saturated heterocycles. The van der Waals surface area contributed by atoms with Gasteiger partial charge in [0.05, 0.1) is 10.2 Å². The average molecular weight is 588 g/mol. The summed E-state index contributed by atoms with van der Waals surface area (Å²) in [5, 5.41) is 10.8. The second-order valence-corrected chi connectivity index (χ2v) is 9.34. The van der Waals surface area contributed by atoms with Gasteiger partial charge in [-0.15, -0.1) is 31.2 Å². The molecule has 0 unspecified atom stereocenters. The van der Waals surface area contributed by atoms with E-state index in [2.05, 4.69) is 87.0 Å². The molecule has 0 spiro atoms. The molecular formula is C32H40Cl2OSiTi-3. The minimum Gasteiger partial charge on any atom is -0.184 e. The normalized spacial score (nSPS) is 10.5. The van der Waals surface area contributed by atoms with Crippen molar-refractivity contribution in [2.24, 2.45) is 0 Å². The molecule has 0 aromatic heterocycles. The summed E-state index contributed by atoms with van der Waals surface area (Å²) < 4.78 is 0. The van der Waals surface area contributed by atoms with Crippen molar-refractivity contribution in [3.05, 3.63) is 119 Å². The zero-order valence-electron chi connectivity index (χ0n) is 23.1. The van der Waals surface area contributed by atoms with Crippen LogP contribution < -0.4 is 5.19 Å². The molecule has 4 rings (SSSR count). The van der Waals surface area contributed by atoms with E-state index in [0.717, 1.165) is 17.2 Å². The van der Waals surface area contributed by atoms with Gasteiger partial charge in [-0.3, -0.25) is 6.08 Å². The van der Waals surface area contributed by atoms with E-state index in [1.807, 2.05) is 67.6 Å². The molecule has 3 aromatic carbocycles. The van der Waals surface area contributed by atoms with E-state index in [1.165, 1.54) is 22.3 Å². The molecule has 0 fully saturated rings. The van der Waals surface area contributed by atoms with Gasteiger partial charge in [-0.1, -0.05) is 27.7 Å². The number of hydrogen-bond acceptors (Lipinski definition) is 1. The zero-order chi connectivity index (χ0) is 26.9. The molecule has 5 heteroatoms. The summed E-state index contributed by atoms with van der Waals surface area (Å²) >= 11 is 1.75. The molecule has 199 valence electrons. The molecule has 0 amide bonds. The third kappa shape index (κ3) is 16.0. The van der Waals surface area contributed by atoms with Gasteiger partial charge in [0.2, 0.25) is 0 Å². The fraction of sp³-hybridized carbons (Fsp3) is 0.281. The van der Waals surface area contributed by atoms with E-state index in [4.69, 9.17) is 0 Å². The summed E-state index contributed by atoms with van der Waals surface area (Å²) in [5.74, 6) is 0.375. The van der Waals surface area contributed by atoms with Gasteiger partial charge in [0, 0.05) is 0 Å². The monoisotopic (exact) mass is 586 g/mol. The van der Waals surface area contributed by atoms with Crippen molar-refractivity contribution in [2.75, 3.05) is 0 Å². The van der Waals surface area contributed by atoms with Gasteiger partial charge in [0.1, 0.15) is 5.75 Å². The predicted octanol–water partition coefficient (Wildman–Crippen LogP) is 7.89. The number of aromatic hydroxyl groups is 1. The van der Waals surface area contributed by atoms with Crippen molar-refractivity contribution >= 4 is 45.1 Å². The van der Waals surface area contributed by atoms with Gasteiger partial charge in [0.25, 0.3) is 0 Å². The van der Waals surface area contributed by atoms with Crippen LogP contribution in [-0.4, -0.2) is 20.2 Å². The van der Waals surface area contributed by atoms with Crippen molar-refractivity contribution in [1.82, 2.24) is 0 Å². The Morgan fingerprint density at radius 2 is 1.22 bits per heavy atom. The first-order chi connectivity index (χ1) is 16.6. The third-order valence-corrected chi connectivity index (χ3v) is 5.66. The average Bonchev–Trinajstić information content (AvgIpc) is 3.36. The number of allylic oxidation sites excluding steroid dienone is 4. The molecule has 1 aliphatic rings. The van der Waals surface area contributed by atoms with Crippen LogP contribution in [0.4, 0.5) is 0 Å². The van der Waals surface area contributed by atoms with Crippen LogP contribution in [0.5, 0.6) is 5.75 Å². The van der Waals surface area contributed by atoms with Crippen molar-refractivity contribution in [1.29, 1.82) is 0 Å². The van der Waals surface area contributed by atoms with E-state index in [-0.39, 0.29) is 30.2 Å². The van der Waals surface area contributed by atoms with Crippen LogP contribution in [0, 0.1) is 39.0 Å². The third-order valence-electron chi connectivity index (χ3n) is 5.17. The second kappa shape index (κ2) is 22.3. The summed E-state index contributed by atoms with van der Waals surface area (Å²) in [4.78, 5) is 3.25. The second-order valence-electron chi connectivity index (χ2n) is 8.84. The van der Waals surface area contributed by atoms with Crippen LogP contribution in [0.3, 0.4) is 0 Å². The molecule has 0 saturated carbocycles. The van der Waals surface area contributed by atoms with Crippen molar-refractivity contribution in [2.45, 2.75) is 60.3 Å². The quantitative estimate of drug-likeness (QED) is 0.210. The van der Waals surface area contributed by atoms with Gasteiger partial charge in [-0.25, -0.2) is 11.6 Å². The number of rotatable bonds is 0. The Kier molecular flexibility index (Phi) is 24.0. The molecule has 0 aliphatic heterocycles. The van der Waals surface area contributed by atoms with Crippen LogP contribution in [0.2, 0.25) is 0 Å². The van der Waals surface area contributed by atoms with Gasteiger partial charge < -0.3 is 5.11 Å². The molecule has 0 bridgehead atoms. The minimum absolute atomic E-state index is 0. The number of phenolic OH excluding ortho intramolecular Hbond substituents is 1. The Morgan fingerprint density at radius 3 is 1.43 bits per heavy atom. The van der Waals surface area contributed by atoms with Crippen LogP contribution in [-0.2, 0) is 25.4 Å². The van der Waals surface area contributed by atoms with E-state index < -0.39 is 0 Å². The topological polar surface area (TPSA) is 20.2 Å². The SMILES string of the molecule is CC1=[C-]CC=C1.Cc1c(C)c(O)c([Si])c(C(C)(C)C)c1C.Cl.Cl.[CH2]=[Ti].[c-]1ccccc1.[c-]1ccccc1. The number of benzene rings is 3. The molecular weight excluding hydrogens is 547 g/mol. The molecule has 3 aromatic rings. The van der Waals surface area contributed by atoms with E-state index >= 15 is 0 Å². The van der Waals surface area contributed by atoms with Crippen LogP contribution in [0.25, 0.3) is 0 Å². The van der Waals surface area contributed by atoms with Gasteiger partial charge in [-0.05, 0) is 53.6 Å². The standard InChI is InChI=1S/C13H19OSi.C6H7.2C6H5.CH2.2ClH.Ti/c1-7-8(2)10(13(4,5)6)12(15)11(14)9(7)3;1-6-4-2-3-5-6;2*1-2-4-6-5-3-1;;;;/h14H,1-6H3;2,4H,3H2,1H3;2*1-5H;1H2;2*1H;/q;3*-1;;;;. The molecule has 1 nitrogen and oxygen atoms in total. The summed E-state index contributed by atoms with van der Waals surface area (Å²) in [6.45, 7) is 14.7. The van der Waals surface area contributed by atoms with Crippen molar-refractivity contribution in [3.63, 3.8) is 0 Å². The van der Waals surface area contributed by atoms with Gasteiger partial charge in [0.15, 0.2) is 0 Å². The van der Waals surface area contributed by atoms with Crippen molar-refractivity contribution in [3.8, 4) is 5.75 Å². The number of halogens is 2. The maximum absolute atomic E-state index is 10.0. The van der Waals surface area contributed by atoms with Gasteiger partial charge in [-0.2, -0.15) is 78.9 Å². The fourth-order valence-corrected chi connectivity index (χ4v) is 4.03. The largest absolute Gasteiger partial charge is 0.184 e. The maximum Gasteiger partial charge on any atom is -0.171 e. The predicted molar refractivity (Wildman–Crippen MR) is 165 cm³/mol. The Balaban J connectivity index is -0.000000439. The maximum atomic E-state index is 10.0.